The van der Waals surface area contributed by atoms with E-state index in [0.29, 0.717) is 0 Å². The first-order valence-electron chi connectivity index (χ1n) is 3.58. The van der Waals surface area contributed by atoms with Crippen LogP contribution in [-0.4, -0.2) is 13.0 Å². The van der Waals surface area contributed by atoms with Crippen molar-refractivity contribution in [3.05, 3.63) is 32.8 Å². The van der Waals surface area contributed by atoms with Gasteiger partial charge in [-0.15, -0.1) is 11.3 Å². The number of nitrogens with zero attached hydrogens (tertiary/aromatic N) is 3. The summed E-state index contributed by atoms with van der Waals surface area (Å²) in [7, 11) is 1.51. The van der Waals surface area contributed by atoms with E-state index in [0.717, 1.165) is 4.88 Å². The summed E-state index contributed by atoms with van der Waals surface area (Å²) in [5.74, 6) is -0.291. The lowest BCUT2D eigenvalue weighted by Gasteiger charge is -2.05. The van der Waals surface area contributed by atoms with Crippen LogP contribution in [0.25, 0.3) is 10.4 Å². The fourth-order valence-corrected chi connectivity index (χ4v) is 1.63. The summed E-state index contributed by atoms with van der Waals surface area (Å²) in [6, 6.07) is 2.83. The van der Waals surface area contributed by atoms with Gasteiger partial charge in [0.2, 0.25) is 5.91 Å². The molecule has 6 heteroatoms. The summed E-state index contributed by atoms with van der Waals surface area (Å²) in [6.07, 6.45) is 0. The van der Waals surface area contributed by atoms with Gasteiger partial charge in [-0.1, -0.05) is 11.2 Å². The molecule has 0 spiro atoms. The third kappa shape index (κ3) is 2.21. The van der Waals surface area contributed by atoms with E-state index in [1.165, 1.54) is 18.4 Å². The molecular weight excluding hydrogens is 188 g/mol. The summed E-state index contributed by atoms with van der Waals surface area (Å²) >= 11 is 1.39. The van der Waals surface area contributed by atoms with Gasteiger partial charge < -0.3 is 5.32 Å². The summed E-state index contributed by atoms with van der Waals surface area (Å²) < 4.78 is 0. The van der Waals surface area contributed by atoms with Gasteiger partial charge in [-0.2, -0.15) is 0 Å². The Bertz CT molecular complexity index is 328. The first-order chi connectivity index (χ1) is 6.29. The van der Waals surface area contributed by atoms with Gasteiger partial charge in [0.15, 0.2) is 6.04 Å². The van der Waals surface area contributed by atoms with Crippen molar-refractivity contribution in [1.29, 1.82) is 0 Å². The fourth-order valence-electron chi connectivity index (χ4n) is 0.874. The Kier molecular flexibility index (Phi) is 3.31. The number of rotatable bonds is 3. The Morgan fingerprint density at radius 1 is 1.85 bits per heavy atom. The zero-order valence-electron chi connectivity index (χ0n) is 6.97. The second kappa shape index (κ2) is 4.49. The Morgan fingerprint density at radius 3 is 3.08 bits per heavy atom. The average Bonchev–Trinajstić information content (AvgIpc) is 2.65. The van der Waals surface area contributed by atoms with Crippen LogP contribution in [0.3, 0.4) is 0 Å². The van der Waals surface area contributed by atoms with Gasteiger partial charge in [0.05, 0.1) is 0 Å². The van der Waals surface area contributed by atoms with Crippen molar-refractivity contribution in [3.8, 4) is 0 Å². The van der Waals surface area contributed by atoms with Gasteiger partial charge in [0.1, 0.15) is 0 Å². The molecule has 68 valence electrons. The highest BCUT2D eigenvalue weighted by Gasteiger charge is 2.18. The molecule has 1 heterocycles. The molecular formula is C7H8N4OS. The first kappa shape index (κ1) is 9.57. The third-order valence-corrected chi connectivity index (χ3v) is 2.40. The molecule has 0 aliphatic carbocycles. The molecule has 1 rings (SSSR count). The van der Waals surface area contributed by atoms with E-state index < -0.39 is 6.04 Å². The lowest BCUT2D eigenvalue weighted by molar-refractivity contribution is -0.121. The van der Waals surface area contributed by atoms with Gasteiger partial charge in [0.25, 0.3) is 0 Å². The highest BCUT2D eigenvalue weighted by Crippen LogP contribution is 2.22. The zero-order chi connectivity index (χ0) is 9.68. The van der Waals surface area contributed by atoms with Crippen LogP contribution in [0.15, 0.2) is 22.6 Å². The third-order valence-electron chi connectivity index (χ3n) is 1.47. The quantitative estimate of drug-likeness (QED) is 0.447. The topological polar surface area (TPSA) is 77.9 Å². The van der Waals surface area contributed by atoms with Crippen molar-refractivity contribution in [2.75, 3.05) is 7.05 Å². The fraction of sp³-hybridized carbons (Fsp3) is 0.286. The molecule has 0 saturated heterocycles. The number of hydrogen-bond acceptors (Lipinski definition) is 3. The van der Waals surface area contributed by atoms with Crippen LogP contribution in [0.1, 0.15) is 10.9 Å². The van der Waals surface area contributed by atoms with Crippen LogP contribution < -0.4 is 5.32 Å². The standard InChI is InChI=1S/C7H8N4OS/c1-9-7(12)6(10-11-8)5-3-2-4-13-5/h2-4,6H,1H3,(H,9,12). The minimum atomic E-state index is -0.741. The molecule has 0 bridgehead atoms. The molecule has 13 heavy (non-hydrogen) atoms. The van der Waals surface area contributed by atoms with E-state index >= 15 is 0 Å². The van der Waals surface area contributed by atoms with Gasteiger partial charge >= 0.3 is 0 Å². The van der Waals surface area contributed by atoms with E-state index in [-0.39, 0.29) is 5.91 Å². The maximum Gasteiger partial charge on any atom is 0.234 e. The molecule has 0 saturated carbocycles. The van der Waals surface area contributed by atoms with E-state index in [1.807, 2.05) is 11.4 Å². The number of azide groups is 1. The molecule has 1 aromatic heterocycles. The molecule has 0 aliphatic heterocycles. The van der Waals surface area contributed by atoms with Crippen LogP contribution in [0.2, 0.25) is 0 Å². The Balaban J connectivity index is 2.93. The van der Waals surface area contributed by atoms with Crippen molar-refractivity contribution in [3.63, 3.8) is 0 Å². The van der Waals surface area contributed by atoms with Crippen molar-refractivity contribution in [2.45, 2.75) is 6.04 Å². The molecule has 0 aliphatic rings. The maximum absolute atomic E-state index is 11.2. The SMILES string of the molecule is CNC(=O)C(N=[N+]=[N-])c1cccs1. The summed E-state index contributed by atoms with van der Waals surface area (Å²) in [4.78, 5) is 14.6. The molecule has 0 fully saturated rings. The van der Waals surface area contributed by atoms with E-state index in [4.69, 9.17) is 5.53 Å². The molecule has 1 N–H and O–H groups in total. The molecule has 5 nitrogen and oxygen atoms in total. The highest BCUT2D eigenvalue weighted by atomic mass is 32.1. The largest absolute Gasteiger partial charge is 0.359 e. The smallest absolute Gasteiger partial charge is 0.234 e. The van der Waals surface area contributed by atoms with Crippen LogP contribution in [0, 0.1) is 0 Å². The number of likely N-dealkylation sites (N-methyl/N-ethyl adjacent to an activating group) is 1. The minimum Gasteiger partial charge on any atom is -0.359 e. The van der Waals surface area contributed by atoms with Crippen LogP contribution >= 0.6 is 11.3 Å². The van der Waals surface area contributed by atoms with Crippen molar-refractivity contribution >= 4 is 17.2 Å². The van der Waals surface area contributed by atoms with Crippen LogP contribution in [0.4, 0.5) is 0 Å². The molecule has 0 radical (unpaired) electrons. The molecule has 1 unspecified atom stereocenters. The minimum absolute atomic E-state index is 0.291. The van der Waals surface area contributed by atoms with E-state index in [1.54, 1.807) is 6.07 Å². The zero-order valence-corrected chi connectivity index (χ0v) is 7.78. The predicted octanol–water partition coefficient (Wildman–Crippen LogP) is 1.85. The maximum atomic E-state index is 11.2. The molecule has 1 atom stereocenters. The summed E-state index contributed by atoms with van der Waals surface area (Å²) in [5.41, 5.74) is 8.26. The van der Waals surface area contributed by atoms with Crippen molar-refractivity contribution < 1.29 is 4.79 Å². The molecule has 0 aromatic carbocycles. The lowest BCUT2D eigenvalue weighted by Crippen LogP contribution is -2.23. The monoisotopic (exact) mass is 196 g/mol. The van der Waals surface area contributed by atoms with Crippen LogP contribution in [-0.2, 0) is 4.79 Å². The Hall–Kier alpha value is -1.52. The summed E-state index contributed by atoms with van der Waals surface area (Å²) in [5, 5.41) is 7.69. The number of hydrogen-bond donors (Lipinski definition) is 1. The number of carbonyl (C=O) groups is 1. The Morgan fingerprint density at radius 2 is 2.62 bits per heavy atom. The number of carbonyl (C=O) groups excluding carboxylic acids is 1. The van der Waals surface area contributed by atoms with Crippen molar-refractivity contribution in [1.82, 2.24) is 5.32 Å². The first-order valence-corrected chi connectivity index (χ1v) is 4.46. The van der Waals surface area contributed by atoms with Crippen LogP contribution in [0.5, 0.6) is 0 Å². The van der Waals surface area contributed by atoms with E-state index in [2.05, 4.69) is 15.3 Å². The second-order valence-corrected chi connectivity index (χ2v) is 3.22. The van der Waals surface area contributed by atoms with Gasteiger partial charge in [-0.3, -0.25) is 4.79 Å². The average molecular weight is 196 g/mol. The van der Waals surface area contributed by atoms with Gasteiger partial charge in [-0.05, 0) is 17.0 Å². The van der Waals surface area contributed by atoms with Gasteiger partial charge in [0, 0.05) is 16.8 Å². The number of nitrogens with one attached hydrogen (secondary N) is 1. The lowest BCUT2D eigenvalue weighted by atomic mass is 10.2. The second-order valence-electron chi connectivity index (χ2n) is 2.24. The van der Waals surface area contributed by atoms with Gasteiger partial charge in [-0.25, -0.2) is 0 Å². The highest BCUT2D eigenvalue weighted by molar-refractivity contribution is 7.10. The number of thiophene rings is 1. The molecule has 1 aromatic rings. The molecule has 1 amide bonds. The summed E-state index contributed by atoms with van der Waals surface area (Å²) in [6.45, 7) is 0. The Labute approximate surface area is 79.0 Å². The normalized spacial score (nSPS) is 11.5. The van der Waals surface area contributed by atoms with Crippen molar-refractivity contribution in [2.24, 2.45) is 5.11 Å². The number of amides is 1. The predicted molar refractivity (Wildman–Crippen MR) is 50.3 cm³/mol. The van der Waals surface area contributed by atoms with E-state index in [9.17, 15) is 4.79 Å².